The number of aryl methyl sites for hydroxylation is 1. The van der Waals surface area contributed by atoms with Gasteiger partial charge < -0.3 is 5.73 Å². The Kier molecular flexibility index (Phi) is 3.97. The topological polar surface area (TPSA) is 73.8 Å². The van der Waals surface area contributed by atoms with Gasteiger partial charge in [-0.05, 0) is 42.7 Å². The molecule has 2 N–H and O–H groups in total. The molecule has 0 spiro atoms. The molecule has 128 valence electrons. The van der Waals surface area contributed by atoms with Crippen LogP contribution in [0.1, 0.15) is 27.3 Å². The molecule has 2 heterocycles. The molecule has 26 heavy (non-hydrogen) atoms. The monoisotopic (exact) mass is 342 g/mol. The summed E-state index contributed by atoms with van der Waals surface area (Å²) in [4.78, 5) is 21.2. The van der Waals surface area contributed by atoms with E-state index in [2.05, 4.69) is 22.1 Å². The SMILES string of the molecule is Cc1nc2cccnc2n1-c1c(Cc2ccccc2)cccc1C(N)=O. The summed E-state index contributed by atoms with van der Waals surface area (Å²) in [6.07, 6.45) is 2.41. The van der Waals surface area contributed by atoms with Gasteiger partial charge in [0.25, 0.3) is 5.91 Å². The van der Waals surface area contributed by atoms with E-state index in [1.807, 2.05) is 54.0 Å². The van der Waals surface area contributed by atoms with Crippen LogP contribution < -0.4 is 5.73 Å². The first-order chi connectivity index (χ1) is 12.6. The molecule has 4 rings (SSSR count). The van der Waals surface area contributed by atoms with Crippen LogP contribution in [-0.2, 0) is 6.42 Å². The Morgan fingerprint density at radius 1 is 1.04 bits per heavy atom. The van der Waals surface area contributed by atoms with Crippen molar-refractivity contribution >= 4 is 17.1 Å². The third kappa shape index (κ3) is 2.73. The average Bonchev–Trinajstić information content (AvgIpc) is 2.98. The second-order valence-electron chi connectivity index (χ2n) is 6.18. The Hall–Kier alpha value is -3.47. The van der Waals surface area contributed by atoms with Gasteiger partial charge in [0.2, 0.25) is 0 Å². The van der Waals surface area contributed by atoms with Crippen molar-refractivity contribution < 1.29 is 4.79 Å². The first-order valence-corrected chi connectivity index (χ1v) is 8.41. The molecule has 4 aromatic rings. The molecule has 0 atom stereocenters. The predicted molar refractivity (Wildman–Crippen MR) is 101 cm³/mol. The number of aromatic nitrogens is 3. The van der Waals surface area contributed by atoms with Crippen LogP contribution in [0.2, 0.25) is 0 Å². The van der Waals surface area contributed by atoms with Gasteiger partial charge in [0.1, 0.15) is 11.3 Å². The highest BCUT2D eigenvalue weighted by Gasteiger charge is 2.19. The summed E-state index contributed by atoms with van der Waals surface area (Å²) >= 11 is 0. The highest BCUT2D eigenvalue weighted by molar-refractivity contribution is 5.98. The van der Waals surface area contributed by atoms with Crippen molar-refractivity contribution in [3.63, 3.8) is 0 Å². The summed E-state index contributed by atoms with van der Waals surface area (Å²) in [5.74, 6) is 0.300. The molecular formula is C21H18N4O. The van der Waals surface area contributed by atoms with Crippen LogP contribution in [0.15, 0.2) is 66.9 Å². The zero-order valence-electron chi connectivity index (χ0n) is 14.4. The van der Waals surface area contributed by atoms with Gasteiger partial charge in [0.15, 0.2) is 5.65 Å². The quantitative estimate of drug-likeness (QED) is 0.617. The third-order valence-electron chi connectivity index (χ3n) is 4.43. The number of primary amides is 1. The van der Waals surface area contributed by atoms with E-state index in [0.717, 1.165) is 28.2 Å². The minimum Gasteiger partial charge on any atom is -0.366 e. The molecule has 0 aliphatic rings. The number of pyridine rings is 1. The van der Waals surface area contributed by atoms with E-state index in [0.29, 0.717) is 17.6 Å². The molecule has 1 amide bonds. The van der Waals surface area contributed by atoms with E-state index in [1.165, 1.54) is 0 Å². The molecule has 0 aliphatic carbocycles. The minimum atomic E-state index is -0.466. The lowest BCUT2D eigenvalue weighted by atomic mass is 9.99. The number of fused-ring (bicyclic) bond motifs is 1. The van der Waals surface area contributed by atoms with E-state index in [-0.39, 0.29) is 0 Å². The number of carbonyl (C=O) groups excluding carboxylic acids is 1. The fourth-order valence-corrected chi connectivity index (χ4v) is 3.31. The second kappa shape index (κ2) is 6.44. The number of para-hydroxylation sites is 1. The summed E-state index contributed by atoms with van der Waals surface area (Å²) in [6, 6.07) is 19.5. The van der Waals surface area contributed by atoms with Crippen LogP contribution in [0.25, 0.3) is 16.9 Å². The van der Waals surface area contributed by atoms with Crippen molar-refractivity contribution in [2.45, 2.75) is 13.3 Å². The largest absolute Gasteiger partial charge is 0.366 e. The van der Waals surface area contributed by atoms with Crippen molar-refractivity contribution in [2.24, 2.45) is 5.73 Å². The number of rotatable bonds is 4. The van der Waals surface area contributed by atoms with Crippen molar-refractivity contribution in [3.8, 4) is 5.69 Å². The number of amides is 1. The molecule has 5 heteroatoms. The normalized spacial score (nSPS) is 11.0. The van der Waals surface area contributed by atoms with E-state index >= 15 is 0 Å². The molecule has 0 unspecified atom stereocenters. The van der Waals surface area contributed by atoms with Crippen LogP contribution in [0.4, 0.5) is 0 Å². The summed E-state index contributed by atoms with van der Waals surface area (Å²) in [7, 11) is 0. The standard InChI is InChI=1S/C21H18N4O/c1-14-24-18-11-6-12-23-21(18)25(14)19-16(9-5-10-17(19)20(22)26)13-15-7-3-2-4-8-15/h2-12H,13H2,1H3,(H2,22,26). The maximum Gasteiger partial charge on any atom is 0.250 e. The molecule has 5 nitrogen and oxygen atoms in total. The zero-order chi connectivity index (χ0) is 18.1. The smallest absolute Gasteiger partial charge is 0.250 e. The fraction of sp³-hybridized carbons (Fsp3) is 0.0952. The zero-order valence-corrected chi connectivity index (χ0v) is 14.4. The second-order valence-corrected chi connectivity index (χ2v) is 6.18. The lowest BCUT2D eigenvalue weighted by Gasteiger charge is -2.16. The molecule has 0 fully saturated rings. The number of hydrogen-bond donors (Lipinski definition) is 1. The Balaban J connectivity index is 1.99. The Bertz CT molecular complexity index is 1100. The first-order valence-electron chi connectivity index (χ1n) is 8.41. The van der Waals surface area contributed by atoms with Crippen LogP contribution in [0.3, 0.4) is 0 Å². The Morgan fingerprint density at radius 2 is 1.85 bits per heavy atom. The fourth-order valence-electron chi connectivity index (χ4n) is 3.31. The summed E-state index contributed by atoms with van der Waals surface area (Å²) in [5, 5.41) is 0. The van der Waals surface area contributed by atoms with Crippen LogP contribution in [-0.4, -0.2) is 20.4 Å². The highest BCUT2D eigenvalue weighted by Crippen LogP contribution is 2.27. The highest BCUT2D eigenvalue weighted by atomic mass is 16.1. The number of nitrogens with two attached hydrogens (primary N) is 1. The molecule has 0 saturated carbocycles. The van der Waals surface area contributed by atoms with Gasteiger partial charge in [-0.2, -0.15) is 0 Å². The number of imidazole rings is 1. The summed E-state index contributed by atoms with van der Waals surface area (Å²) < 4.78 is 1.92. The molecule has 0 bridgehead atoms. The van der Waals surface area contributed by atoms with E-state index in [4.69, 9.17) is 5.73 Å². The van der Waals surface area contributed by atoms with Crippen LogP contribution >= 0.6 is 0 Å². The van der Waals surface area contributed by atoms with Gasteiger partial charge in [0.05, 0.1) is 11.3 Å². The van der Waals surface area contributed by atoms with Gasteiger partial charge in [0, 0.05) is 6.20 Å². The van der Waals surface area contributed by atoms with Gasteiger partial charge >= 0.3 is 0 Å². The molecule has 0 saturated heterocycles. The Morgan fingerprint density at radius 3 is 2.62 bits per heavy atom. The lowest BCUT2D eigenvalue weighted by molar-refractivity contribution is 0.1000. The van der Waals surface area contributed by atoms with E-state index in [1.54, 1.807) is 12.3 Å². The maximum absolute atomic E-state index is 12.1. The van der Waals surface area contributed by atoms with Gasteiger partial charge in [-0.25, -0.2) is 9.97 Å². The number of nitrogens with zero attached hydrogens (tertiary/aromatic N) is 3. The molecule has 2 aromatic heterocycles. The summed E-state index contributed by atoms with van der Waals surface area (Å²) in [6.45, 7) is 1.91. The predicted octanol–water partition coefficient (Wildman–Crippen LogP) is 3.42. The van der Waals surface area contributed by atoms with Gasteiger partial charge in [-0.15, -0.1) is 0 Å². The molecule has 0 aliphatic heterocycles. The average molecular weight is 342 g/mol. The Labute approximate surface area is 151 Å². The number of hydrogen-bond acceptors (Lipinski definition) is 3. The van der Waals surface area contributed by atoms with Crippen molar-refractivity contribution in [1.29, 1.82) is 0 Å². The van der Waals surface area contributed by atoms with Gasteiger partial charge in [-0.1, -0.05) is 42.5 Å². The molecular weight excluding hydrogens is 324 g/mol. The van der Waals surface area contributed by atoms with E-state index in [9.17, 15) is 4.79 Å². The van der Waals surface area contributed by atoms with Crippen molar-refractivity contribution in [1.82, 2.24) is 14.5 Å². The van der Waals surface area contributed by atoms with Crippen LogP contribution in [0, 0.1) is 6.92 Å². The molecule has 2 aromatic carbocycles. The lowest BCUT2D eigenvalue weighted by Crippen LogP contribution is -2.17. The minimum absolute atomic E-state index is 0.464. The summed E-state index contributed by atoms with van der Waals surface area (Å²) in [5.41, 5.74) is 10.6. The van der Waals surface area contributed by atoms with Crippen LogP contribution in [0.5, 0.6) is 0 Å². The van der Waals surface area contributed by atoms with Gasteiger partial charge in [-0.3, -0.25) is 9.36 Å². The van der Waals surface area contributed by atoms with E-state index < -0.39 is 5.91 Å². The number of carbonyl (C=O) groups is 1. The maximum atomic E-state index is 12.1. The third-order valence-corrected chi connectivity index (χ3v) is 4.43. The molecule has 0 radical (unpaired) electrons. The van der Waals surface area contributed by atoms with Crippen molar-refractivity contribution in [2.75, 3.05) is 0 Å². The van der Waals surface area contributed by atoms with Crippen molar-refractivity contribution in [3.05, 3.63) is 89.4 Å². The number of benzene rings is 2. The first kappa shape index (κ1) is 16.0.